The van der Waals surface area contributed by atoms with Gasteiger partial charge in [-0.15, -0.1) is 0 Å². The predicted molar refractivity (Wildman–Crippen MR) is 48.1 cm³/mol. The Bertz CT molecular complexity index is 337. The molecular formula is C9H11FN2O. The van der Waals surface area contributed by atoms with Crippen molar-refractivity contribution in [2.45, 2.75) is 5.92 Å². The molecule has 0 bridgehead atoms. The summed E-state index contributed by atoms with van der Waals surface area (Å²) in [7, 11) is 0. The van der Waals surface area contributed by atoms with Gasteiger partial charge in [0, 0.05) is 36.3 Å². The molecule has 1 aromatic rings. The number of phenols is 1. The number of hydrogen-bond acceptors (Lipinski definition) is 3. The van der Waals surface area contributed by atoms with Crippen LogP contribution in [0, 0.1) is 5.82 Å². The molecule has 0 spiro atoms. The Balaban J connectivity index is 2.42. The Morgan fingerprint density at radius 2 is 2.15 bits per heavy atom. The molecular weight excluding hydrogens is 171 g/mol. The van der Waals surface area contributed by atoms with E-state index in [2.05, 4.69) is 5.32 Å². The molecule has 2 rings (SSSR count). The van der Waals surface area contributed by atoms with Crippen molar-refractivity contribution in [2.75, 3.05) is 18.8 Å². The number of benzene rings is 1. The molecule has 1 saturated heterocycles. The highest BCUT2D eigenvalue weighted by Crippen LogP contribution is 2.32. The van der Waals surface area contributed by atoms with Crippen LogP contribution in [0.2, 0.25) is 0 Å². The van der Waals surface area contributed by atoms with Crippen LogP contribution in [0.3, 0.4) is 0 Å². The molecule has 0 radical (unpaired) electrons. The Kier molecular flexibility index (Phi) is 1.84. The number of nitrogens with one attached hydrogen (secondary N) is 1. The van der Waals surface area contributed by atoms with E-state index in [1.165, 1.54) is 0 Å². The van der Waals surface area contributed by atoms with Gasteiger partial charge < -0.3 is 16.2 Å². The minimum absolute atomic E-state index is 0.193. The fraction of sp³-hybridized carbons (Fsp3) is 0.333. The maximum Gasteiger partial charge on any atom is 0.167 e. The zero-order valence-electron chi connectivity index (χ0n) is 7.05. The number of aromatic hydroxyl groups is 1. The second kappa shape index (κ2) is 2.88. The van der Waals surface area contributed by atoms with Gasteiger partial charge in [0.15, 0.2) is 11.6 Å². The number of anilines is 1. The van der Waals surface area contributed by atoms with Crippen molar-refractivity contribution in [3.63, 3.8) is 0 Å². The van der Waals surface area contributed by atoms with Crippen LogP contribution in [0.5, 0.6) is 5.75 Å². The zero-order chi connectivity index (χ0) is 9.42. The minimum atomic E-state index is -0.637. The van der Waals surface area contributed by atoms with Crippen molar-refractivity contribution in [3.05, 3.63) is 23.5 Å². The molecule has 0 saturated carbocycles. The lowest BCUT2D eigenvalue weighted by atomic mass is 9.92. The largest absolute Gasteiger partial charge is 0.505 e. The van der Waals surface area contributed by atoms with Gasteiger partial charge in [0.1, 0.15) is 0 Å². The summed E-state index contributed by atoms with van der Waals surface area (Å²) in [4.78, 5) is 0. The third kappa shape index (κ3) is 1.33. The van der Waals surface area contributed by atoms with Crippen LogP contribution >= 0.6 is 0 Å². The highest BCUT2D eigenvalue weighted by atomic mass is 19.1. The van der Waals surface area contributed by atoms with Gasteiger partial charge >= 0.3 is 0 Å². The summed E-state index contributed by atoms with van der Waals surface area (Å²) in [5.74, 6) is -0.708. The fourth-order valence-corrected chi connectivity index (χ4v) is 1.46. The molecule has 1 aliphatic rings. The molecule has 0 aromatic heterocycles. The number of halogens is 1. The first-order valence-corrected chi connectivity index (χ1v) is 4.17. The number of rotatable bonds is 1. The van der Waals surface area contributed by atoms with Crippen molar-refractivity contribution in [2.24, 2.45) is 0 Å². The fourth-order valence-electron chi connectivity index (χ4n) is 1.46. The van der Waals surface area contributed by atoms with E-state index in [-0.39, 0.29) is 11.7 Å². The van der Waals surface area contributed by atoms with Crippen molar-refractivity contribution in [1.82, 2.24) is 5.32 Å². The summed E-state index contributed by atoms with van der Waals surface area (Å²) in [6, 6.07) is 2.76. The van der Waals surface area contributed by atoms with Gasteiger partial charge in [-0.2, -0.15) is 0 Å². The number of phenolic OH excluding ortho intramolecular Hbond substituents is 1. The normalized spacial score (nSPS) is 17.0. The Morgan fingerprint density at radius 3 is 2.69 bits per heavy atom. The molecule has 4 heteroatoms. The van der Waals surface area contributed by atoms with E-state index in [4.69, 9.17) is 5.73 Å². The molecule has 1 heterocycles. The SMILES string of the molecule is Nc1cc(F)c(O)c(C2CNC2)c1. The van der Waals surface area contributed by atoms with Crippen LogP contribution in [0.15, 0.2) is 12.1 Å². The number of nitrogen functional groups attached to an aromatic ring is 1. The first kappa shape index (κ1) is 8.31. The molecule has 1 aromatic carbocycles. The van der Waals surface area contributed by atoms with Gasteiger partial charge in [0.25, 0.3) is 0 Å². The van der Waals surface area contributed by atoms with E-state index in [1.54, 1.807) is 6.07 Å². The molecule has 0 amide bonds. The van der Waals surface area contributed by atoms with E-state index in [0.29, 0.717) is 11.3 Å². The monoisotopic (exact) mass is 182 g/mol. The van der Waals surface area contributed by atoms with Crippen molar-refractivity contribution in [1.29, 1.82) is 0 Å². The van der Waals surface area contributed by atoms with Crippen molar-refractivity contribution < 1.29 is 9.50 Å². The minimum Gasteiger partial charge on any atom is -0.505 e. The first-order valence-electron chi connectivity index (χ1n) is 4.17. The molecule has 0 unspecified atom stereocenters. The summed E-state index contributed by atoms with van der Waals surface area (Å²) < 4.78 is 13.0. The third-order valence-electron chi connectivity index (χ3n) is 2.34. The standard InChI is InChI=1S/C9H11FN2O/c10-8-2-6(11)1-7(9(8)13)5-3-12-4-5/h1-2,5,12-13H,3-4,11H2. The third-order valence-corrected chi connectivity index (χ3v) is 2.34. The second-order valence-electron chi connectivity index (χ2n) is 3.30. The van der Waals surface area contributed by atoms with Crippen molar-refractivity contribution >= 4 is 5.69 Å². The summed E-state index contributed by atoms with van der Waals surface area (Å²) in [5, 5.41) is 12.5. The molecule has 0 aliphatic carbocycles. The highest BCUT2D eigenvalue weighted by molar-refractivity contribution is 5.50. The number of nitrogens with two attached hydrogens (primary N) is 1. The molecule has 70 valence electrons. The zero-order valence-corrected chi connectivity index (χ0v) is 7.05. The van der Waals surface area contributed by atoms with Crippen LogP contribution in [0.1, 0.15) is 11.5 Å². The van der Waals surface area contributed by atoms with Crippen molar-refractivity contribution in [3.8, 4) is 5.75 Å². The van der Waals surface area contributed by atoms with Gasteiger partial charge in [-0.05, 0) is 6.07 Å². The van der Waals surface area contributed by atoms with Gasteiger partial charge in [-0.25, -0.2) is 4.39 Å². The Hall–Kier alpha value is -1.29. The number of hydrogen-bond donors (Lipinski definition) is 3. The van der Waals surface area contributed by atoms with Gasteiger partial charge in [-0.3, -0.25) is 0 Å². The molecule has 4 N–H and O–H groups in total. The van der Waals surface area contributed by atoms with E-state index in [1.807, 2.05) is 0 Å². The Labute approximate surface area is 75.4 Å². The van der Waals surface area contributed by atoms with Crippen LogP contribution in [0.25, 0.3) is 0 Å². The lowest BCUT2D eigenvalue weighted by molar-refractivity contribution is 0.392. The lowest BCUT2D eigenvalue weighted by Crippen LogP contribution is -2.39. The van der Waals surface area contributed by atoms with Crippen LogP contribution in [0.4, 0.5) is 10.1 Å². The second-order valence-corrected chi connectivity index (χ2v) is 3.30. The van der Waals surface area contributed by atoms with Gasteiger partial charge in [-0.1, -0.05) is 0 Å². The quantitative estimate of drug-likeness (QED) is 0.444. The highest BCUT2D eigenvalue weighted by Gasteiger charge is 2.23. The van der Waals surface area contributed by atoms with E-state index in [9.17, 15) is 9.50 Å². The average Bonchev–Trinajstić information content (AvgIpc) is 1.95. The maximum atomic E-state index is 13.0. The topological polar surface area (TPSA) is 58.3 Å². The molecule has 1 fully saturated rings. The van der Waals surface area contributed by atoms with E-state index < -0.39 is 5.82 Å². The van der Waals surface area contributed by atoms with Crippen LogP contribution < -0.4 is 11.1 Å². The first-order chi connectivity index (χ1) is 6.18. The van der Waals surface area contributed by atoms with Crippen LogP contribution in [-0.4, -0.2) is 18.2 Å². The summed E-state index contributed by atoms with van der Waals surface area (Å²) in [5.41, 5.74) is 6.44. The molecule has 0 atom stereocenters. The van der Waals surface area contributed by atoms with E-state index in [0.717, 1.165) is 19.2 Å². The van der Waals surface area contributed by atoms with Gasteiger partial charge in [0.2, 0.25) is 0 Å². The molecule has 3 nitrogen and oxygen atoms in total. The predicted octanol–water partition coefficient (Wildman–Crippen LogP) is 0.800. The molecule has 13 heavy (non-hydrogen) atoms. The summed E-state index contributed by atoms with van der Waals surface area (Å²) >= 11 is 0. The maximum absolute atomic E-state index is 13.0. The summed E-state index contributed by atoms with van der Waals surface area (Å²) in [6.45, 7) is 1.55. The van der Waals surface area contributed by atoms with Crippen LogP contribution in [-0.2, 0) is 0 Å². The van der Waals surface area contributed by atoms with Gasteiger partial charge in [0.05, 0.1) is 0 Å². The smallest absolute Gasteiger partial charge is 0.167 e. The van der Waals surface area contributed by atoms with E-state index >= 15 is 0 Å². The lowest BCUT2D eigenvalue weighted by Gasteiger charge is -2.28. The summed E-state index contributed by atoms with van der Waals surface area (Å²) in [6.07, 6.45) is 0. The molecule has 1 aliphatic heterocycles. The Morgan fingerprint density at radius 1 is 1.46 bits per heavy atom. The average molecular weight is 182 g/mol.